The molecule has 4 rings (SSSR count). The van der Waals surface area contributed by atoms with Crippen LogP contribution in [0.4, 0.5) is 0 Å². The molecule has 0 aromatic rings. The van der Waals surface area contributed by atoms with Crippen molar-refractivity contribution in [3.63, 3.8) is 0 Å². The van der Waals surface area contributed by atoms with Crippen molar-refractivity contribution in [3.8, 4) is 0 Å². The number of hydrogen-bond donors (Lipinski definition) is 1. The fourth-order valence-electron chi connectivity index (χ4n) is 9.60. The lowest BCUT2D eigenvalue weighted by Crippen LogP contribution is -2.31. The van der Waals surface area contributed by atoms with Crippen LogP contribution in [0.3, 0.4) is 0 Å². The summed E-state index contributed by atoms with van der Waals surface area (Å²) in [6.45, 7) is 32.7. The summed E-state index contributed by atoms with van der Waals surface area (Å²) in [6.07, 6.45) is 16.3. The quantitative estimate of drug-likeness (QED) is 0.293. The molecule has 0 bridgehead atoms. The molecule has 4 heteroatoms. The van der Waals surface area contributed by atoms with Gasteiger partial charge in [0.2, 0.25) is 0 Å². The molecule has 0 aromatic heterocycles. The monoisotopic (exact) mass is 693 g/mol. The number of rotatable bonds is 4. The Kier molecular flexibility index (Phi) is 26.0. The Morgan fingerprint density at radius 3 is 1.00 bits per heavy atom. The molecule has 280 valence electrons. The largest absolute Gasteiger partial charge is 0.412 e. The molecule has 0 aromatic carbocycles. The Morgan fingerprint density at radius 1 is 0.435 bits per heavy atom. The minimum absolute atomic E-state index is 0. The van der Waals surface area contributed by atoms with Crippen molar-refractivity contribution in [1.29, 1.82) is 0 Å². The molecule has 4 aliphatic rings. The molecule has 2 nitrogen and oxygen atoms in total. The van der Waals surface area contributed by atoms with Crippen LogP contribution in [-0.2, 0) is 0 Å². The summed E-state index contributed by atoms with van der Waals surface area (Å²) >= 11 is 6.27. The van der Waals surface area contributed by atoms with E-state index >= 15 is 0 Å². The van der Waals surface area contributed by atoms with Gasteiger partial charge >= 0.3 is 0 Å². The van der Waals surface area contributed by atoms with Crippen molar-refractivity contribution in [2.24, 2.45) is 82.9 Å². The number of alkyl halides is 1. The Morgan fingerprint density at radius 2 is 0.717 bits per heavy atom. The first-order valence-corrected chi connectivity index (χ1v) is 20.2. The van der Waals surface area contributed by atoms with Gasteiger partial charge in [0.1, 0.15) is 0 Å². The SMILES string of the molecule is CC(C)[C@@H]1CC[C@@H](C)C[C@H]1C.CC(C)[C@@H]1CC[C@@H](C)C[C@H]1C.CC(C)[C@@H]1CC[C@@H](C)C[C@H]1Cl.CC(C)[C@@H]1CC[C@@H](C)C[C@H]1O.Cl.O. The number of aliphatic hydroxyl groups excluding tert-OH is 1. The van der Waals surface area contributed by atoms with Crippen molar-refractivity contribution >= 4 is 24.0 Å². The first-order chi connectivity index (χ1) is 20.4. The van der Waals surface area contributed by atoms with Gasteiger partial charge in [0, 0.05) is 5.38 Å². The molecule has 0 spiro atoms. The Balaban J connectivity index is 0. The van der Waals surface area contributed by atoms with Crippen LogP contribution in [0.5, 0.6) is 0 Å². The van der Waals surface area contributed by atoms with E-state index in [9.17, 15) is 5.11 Å². The lowest BCUT2D eigenvalue weighted by molar-refractivity contribution is 0.0266. The summed E-state index contributed by atoms with van der Waals surface area (Å²) in [6, 6.07) is 0. The van der Waals surface area contributed by atoms with Gasteiger partial charge in [-0.15, -0.1) is 24.0 Å². The van der Waals surface area contributed by atoms with Crippen molar-refractivity contribution in [1.82, 2.24) is 0 Å². The fraction of sp³-hybridized carbons (Fsp3) is 1.00. The zero-order valence-electron chi connectivity index (χ0n) is 33.5. The van der Waals surface area contributed by atoms with Gasteiger partial charge in [-0.1, -0.05) is 123 Å². The topological polar surface area (TPSA) is 51.7 Å². The zero-order valence-corrected chi connectivity index (χ0v) is 35.0. The summed E-state index contributed by atoms with van der Waals surface area (Å²) in [4.78, 5) is 0. The number of halogens is 2. The van der Waals surface area contributed by atoms with Crippen molar-refractivity contribution < 1.29 is 10.6 Å². The highest BCUT2D eigenvalue weighted by atomic mass is 35.5. The van der Waals surface area contributed by atoms with E-state index in [2.05, 4.69) is 96.9 Å². The highest BCUT2D eigenvalue weighted by Gasteiger charge is 2.30. The maximum Gasteiger partial charge on any atom is 0.0573 e. The summed E-state index contributed by atoms with van der Waals surface area (Å²) in [5.41, 5.74) is 0. The van der Waals surface area contributed by atoms with E-state index in [-0.39, 0.29) is 24.0 Å². The maximum atomic E-state index is 9.71. The van der Waals surface area contributed by atoms with Crippen LogP contribution in [0.2, 0.25) is 0 Å². The third-order valence-corrected chi connectivity index (χ3v) is 13.1. The number of hydrogen-bond acceptors (Lipinski definition) is 1. The Hall–Kier alpha value is 0.500. The second-order valence-electron chi connectivity index (χ2n) is 18.3. The lowest BCUT2D eigenvalue weighted by atomic mass is 9.71. The molecule has 0 unspecified atom stereocenters. The molecule has 4 fully saturated rings. The van der Waals surface area contributed by atoms with Gasteiger partial charge in [0.25, 0.3) is 0 Å². The van der Waals surface area contributed by atoms with E-state index in [1.165, 1.54) is 70.6 Å². The molecule has 0 saturated heterocycles. The molecule has 4 saturated carbocycles. The summed E-state index contributed by atoms with van der Waals surface area (Å²) in [5, 5.41) is 10.2. The van der Waals surface area contributed by atoms with Gasteiger partial charge in [0.15, 0.2) is 0 Å². The standard InChI is InChI=1S/2C11H22.C10H19Cl.C10H20O.ClH.H2O/c2*1-8(2)11-6-5-9(3)7-10(11)4;2*1-7(2)9-5-4-8(3)6-10(9)11;;/h2*8-11H,5-7H2,1-4H3;7-10H,4-6H2,1-3H3;7-11H,4-6H2,1-3H3;1H;1H2/t2*9-,10-,11+;2*8-,9+,10-;;/m1111../s1. The van der Waals surface area contributed by atoms with Gasteiger partial charge in [0.05, 0.1) is 6.10 Å². The Bertz CT molecular complexity index is 604. The first kappa shape index (κ1) is 48.6. The third-order valence-electron chi connectivity index (χ3n) is 12.6. The van der Waals surface area contributed by atoms with Crippen LogP contribution in [-0.4, -0.2) is 22.1 Å². The Labute approximate surface area is 301 Å². The predicted molar refractivity (Wildman–Crippen MR) is 210 cm³/mol. The predicted octanol–water partition coefficient (Wildman–Crippen LogP) is 13.2. The zero-order chi connectivity index (χ0) is 33.7. The summed E-state index contributed by atoms with van der Waals surface area (Å²) in [5.74, 6) is 12.1. The molecule has 3 N–H and O–H groups in total. The maximum absolute atomic E-state index is 9.71. The van der Waals surface area contributed by atoms with E-state index in [1.54, 1.807) is 0 Å². The first-order valence-electron chi connectivity index (χ1n) is 19.8. The van der Waals surface area contributed by atoms with Gasteiger partial charge in [-0.25, -0.2) is 0 Å². The highest BCUT2D eigenvalue weighted by Crippen LogP contribution is 2.39. The van der Waals surface area contributed by atoms with Gasteiger partial charge in [-0.05, 0) is 134 Å². The molecular formula is C42H86Cl2O2. The normalized spacial score (nSPS) is 37.8. The molecule has 4 aliphatic carbocycles. The molecule has 46 heavy (non-hydrogen) atoms. The highest BCUT2D eigenvalue weighted by molar-refractivity contribution is 6.20. The number of aliphatic hydroxyl groups is 1. The van der Waals surface area contributed by atoms with E-state index in [0.29, 0.717) is 17.2 Å². The van der Waals surface area contributed by atoms with Crippen molar-refractivity contribution in [2.45, 2.75) is 185 Å². The average molecular weight is 694 g/mol. The molecule has 0 heterocycles. The summed E-state index contributed by atoms with van der Waals surface area (Å²) in [7, 11) is 0. The van der Waals surface area contributed by atoms with E-state index in [4.69, 9.17) is 11.6 Å². The van der Waals surface area contributed by atoms with Crippen LogP contribution >= 0.6 is 24.0 Å². The fourth-order valence-corrected chi connectivity index (χ4v) is 10.3. The van der Waals surface area contributed by atoms with Crippen LogP contribution in [0.25, 0.3) is 0 Å². The van der Waals surface area contributed by atoms with Crippen LogP contribution in [0, 0.1) is 82.9 Å². The van der Waals surface area contributed by atoms with Crippen LogP contribution in [0.1, 0.15) is 174 Å². The molecular weight excluding hydrogens is 607 g/mol. The molecule has 0 amide bonds. The molecule has 0 aliphatic heterocycles. The van der Waals surface area contributed by atoms with E-state index in [1.807, 2.05) is 0 Å². The summed E-state index contributed by atoms with van der Waals surface area (Å²) < 4.78 is 0. The smallest absolute Gasteiger partial charge is 0.0573 e. The second kappa shape index (κ2) is 24.6. The van der Waals surface area contributed by atoms with E-state index in [0.717, 1.165) is 77.4 Å². The van der Waals surface area contributed by atoms with Gasteiger partial charge in [-0.2, -0.15) is 0 Å². The minimum atomic E-state index is -0.0289. The lowest BCUT2D eigenvalue weighted by Gasteiger charge is -2.35. The van der Waals surface area contributed by atoms with Gasteiger partial charge in [-0.3, -0.25) is 0 Å². The molecule has 0 radical (unpaired) electrons. The second-order valence-corrected chi connectivity index (χ2v) is 18.9. The van der Waals surface area contributed by atoms with Crippen LogP contribution < -0.4 is 0 Å². The van der Waals surface area contributed by atoms with E-state index < -0.39 is 0 Å². The van der Waals surface area contributed by atoms with Gasteiger partial charge < -0.3 is 10.6 Å². The van der Waals surface area contributed by atoms with Crippen LogP contribution in [0.15, 0.2) is 0 Å². The third kappa shape index (κ3) is 17.9. The van der Waals surface area contributed by atoms with Crippen molar-refractivity contribution in [2.75, 3.05) is 0 Å². The van der Waals surface area contributed by atoms with Crippen molar-refractivity contribution in [3.05, 3.63) is 0 Å². The average Bonchev–Trinajstić information content (AvgIpc) is 2.89. The minimum Gasteiger partial charge on any atom is -0.412 e. The molecule has 12 atom stereocenters.